The van der Waals surface area contributed by atoms with Crippen molar-refractivity contribution in [3.63, 3.8) is 0 Å². The second-order valence-corrected chi connectivity index (χ2v) is 6.25. The smallest absolute Gasteiger partial charge is 0.147 e. The van der Waals surface area contributed by atoms with Crippen LogP contribution in [0, 0.1) is 11.3 Å². The van der Waals surface area contributed by atoms with Gasteiger partial charge in [-0.3, -0.25) is 0 Å². The van der Waals surface area contributed by atoms with E-state index in [1.165, 1.54) is 0 Å². The van der Waals surface area contributed by atoms with Gasteiger partial charge in [0, 0.05) is 23.2 Å². The SMILES string of the molecule is CC(C)C(=N)c1ccnc(N)c1Nc1ccc(Oc2ccccc2)cc1. The molecule has 0 saturated heterocycles. The Bertz CT molecular complexity index is 890. The molecule has 0 bridgehead atoms. The molecule has 0 saturated carbocycles. The van der Waals surface area contributed by atoms with Crippen LogP contribution in [-0.2, 0) is 0 Å². The molecule has 0 radical (unpaired) electrons. The number of anilines is 3. The van der Waals surface area contributed by atoms with Crippen LogP contribution < -0.4 is 15.8 Å². The lowest BCUT2D eigenvalue weighted by molar-refractivity contribution is 0.483. The van der Waals surface area contributed by atoms with Gasteiger partial charge < -0.3 is 21.2 Å². The standard InChI is InChI=1S/C21H22N4O/c1-14(2)19(22)18-12-13-24-21(23)20(18)25-15-8-10-17(11-9-15)26-16-6-4-3-5-7-16/h3-14,22,25H,1-2H3,(H2,23,24). The number of nitrogen functional groups attached to an aromatic ring is 1. The van der Waals surface area contributed by atoms with Gasteiger partial charge in [-0.05, 0) is 48.4 Å². The molecule has 5 heteroatoms. The molecule has 0 amide bonds. The van der Waals surface area contributed by atoms with Crippen LogP contribution in [0.25, 0.3) is 0 Å². The summed E-state index contributed by atoms with van der Waals surface area (Å²) in [6.45, 7) is 3.97. The number of para-hydroxylation sites is 1. The van der Waals surface area contributed by atoms with E-state index in [0.29, 0.717) is 17.2 Å². The lowest BCUT2D eigenvalue weighted by Gasteiger charge is -2.16. The third kappa shape index (κ3) is 4.00. The van der Waals surface area contributed by atoms with Gasteiger partial charge >= 0.3 is 0 Å². The molecule has 3 rings (SSSR count). The van der Waals surface area contributed by atoms with E-state index in [2.05, 4.69) is 10.3 Å². The summed E-state index contributed by atoms with van der Waals surface area (Å²) >= 11 is 0. The molecule has 132 valence electrons. The zero-order valence-electron chi connectivity index (χ0n) is 14.9. The fourth-order valence-electron chi connectivity index (χ4n) is 2.52. The molecule has 1 heterocycles. The van der Waals surface area contributed by atoms with Gasteiger partial charge in [0.25, 0.3) is 0 Å². The van der Waals surface area contributed by atoms with Gasteiger partial charge in [-0.25, -0.2) is 4.98 Å². The lowest BCUT2D eigenvalue weighted by atomic mass is 9.99. The lowest BCUT2D eigenvalue weighted by Crippen LogP contribution is -2.12. The third-order valence-corrected chi connectivity index (χ3v) is 3.95. The minimum atomic E-state index is 0.0963. The van der Waals surface area contributed by atoms with Gasteiger partial charge in [0.2, 0.25) is 0 Å². The Morgan fingerprint density at radius 2 is 1.65 bits per heavy atom. The monoisotopic (exact) mass is 346 g/mol. The molecule has 0 aliphatic carbocycles. The van der Waals surface area contributed by atoms with Gasteiger partial charge in [-0.1, -0.05) is 32.0 Å². The third-order valence-electron chi connectivity index (χ3n) is 3.95. The molecule has 0 fully saturated rings. The molecule has 26 heavy (non-hydrogen) atoms. The van der Waals surface area contributed by atoms with Gasteiger partial charge in [0.15, 0.2) is 0 Å². The van der Waals surface area contributed by atoms with Crippen molar-refractivity contribution >= 4 is 22.9 Å². The van der Waals surface area contributed by atoms with Gasteiger partial charge in [0.1, 0.15) is 17.3 Å². The topological polar surface area (TPSA) is 84.0 Å². The highest BCUT2D eigenvalue weighted by molar-refractivity contribution is 6.06. The van der Waals surface area contributed by atoms with Crippen LogP contribution in [0.4, 0.5) is 17.2 Å². The van der Waals surface area contributed by atoms with Crippen molar-refractivity contribution in [1.29, 1.82) is 5.41 Å². The van der Waals surface area contributed by atoms with Crippen LogP contribution in [0.15, 0.2) is 66.9 Å². The Hall–Kier alpha value is -3.34. The second kappa shape index (κ2) is 7.70. The second-order valence-electron chi connectivity index (χ2n) is 6.25. The molecule has 2 aromatic carbocycles. The fraction of sp³-hybridized carbons (Fsp3) is 0.143. The first-order chi connectivity index (χ1) is 12.5. The van der Waals surface area contributed by atoms with Crippen molar-refractivity contribution < 1.29 is 4.74 Å². The summed E-state index contributed by atoms with van der Waals surface area (Å²) in [6.07, 6.45) is 1.63. The van der Waals surface area contributed by atoms with E-state index < -0.39 is 0 Å². The Morgan fingerprint density at radius 1 is 1.00 bits per heavy atom. The average molecular weight is 346 g/mol. The highest BCUT2D eigenvalue weighted by Gasteiger charge is 2.14. The summed E-state index contributed by atoms with van der Waals surface area (Å²) in [6, 6.07) is 19.0. The molecule has 0 unspecified atom stereocenters. The quantitative estimate of drug-likeness (QED) is 0.534. The number of benzene rings is 2. The molecule has 0 aliphatic rings. The highest BCUT2D eigenvalue weighted by Crippen LogP contribution is 2.29. The summed E-state index contributed by atoms with van der Waals surface area (Å²) in [7, 11) is 0. The normalized spacial score (nSPS) is 10.6. The minimum Gasteiger partial charge on any atom is -0.457 e. The number of rotatable bonds is 6. The Morgan fingerprint density at radius 3 is 2.31 bits per heavy atom. The number of hydrogen-bond donors (Lipinski definition) is 3. The van der Waals surface area contributed by atoms with Gasteiger partial charge in [-0.2, -0.15) is 0 Å². The first-order valence-electron chi connectivity index (χ1n) is 8.48. The maximum atomic E-state index is 8.30. The maximum absolute atomic E-state index is 8.30. The van der Waals surface area contributed by atoms with Crippen LogP contribution in [0.2, 0.25) is 0 Å². The van der Waals surface area contributed by atoms with Crippen LogP contribution in [0.1, 0.15) is 19.4 Å². The van der Waals surface area contributed by atoms with E-state index >= 15 is 0 Å². The molecular formula is C21H22N4O. The average Bonchev–Trinajstić information content (AvgIpc) is 2.65. The van der Waals surface area contributed by atoms with Crippen molar-refractivity contribution in [3.8, 4) is 11.5 Å². The van der Waals surface area contributed by atoms with E-state index in [-0.39, 0.29) is 5.92 Å². The minimum absolute atomic E-state index is 0.0963. The Balaban J connectivity index is 1.80. The summed E-state index contributed by atoms with van der Waals surface area (Å²) in [4.78, 5) is 4.14. The number of aromatic nitrogens is 1. The largest absolute Gasteiger partial charge is 0.457 e. The van der Waals surface area contributed by atoms with E-state index in [1.54, 1.807) is 6.20 Å². The molecular weight excluding hydrogens is 324 g/mol. The number of pyridine rings is 1. The van der Waals surface area contributed by atoms with E-state index in [1.807, 2.05) is 74.5 Å². The summed E-state index contributed by atoms with van der Waals surface area (Å²) < 4.78 is 5.80. The molecule has 1 aromatic heterocycles. The van der Waals surface area contributed by atoms with Gasteiger partial charge in [0.05, 0.1) is 5.69 Å². The van der Waals surface area contributed by atoms with E-state index in [9.17, 15) is 0 Å². The van der Waals surface area contributed by atoms with Crippen LogP contribution in [-0.4, -0.2) is 10.7 Å². The van der Waals surface area contributed by atoms with Crippen LogP contribution >= 0.6 is 0 Å². The molecule has 0 aliphatic heterocycles. The van der Waals surface area contributed by atoms with Crippen molar-refractivity contribution in [2.24, 2.45) is 5.92 Å². The molecule has 5 nitrogen and oxygen atoms in total. The number of nitrogens with two attached hydrogens (primary N) is 1. The number of hydrogen-bond acceptors (Lipinski definition) is 5. The maximum Gasteiger partial charge on any atom is 0.147 e. The molecule has 4 N–H and O–H groups in total. The zero-order valence-corrected chi connectivity index (χ0v) is 14.9. The predicted molar refractivity (Wildman–Crippen MR) is 107 cm³/mol. The first-order valence-corrected chi connectivity index (χ1v) is 8.48. The number of nitrogens with zero attached hydrogens (tertiary/aromatic N) is 1. The number of nitrogens with one attached hydrogen (secondary N) is 2. The van der Waals surface area contributed by atoms with Crippen molar-refractivity contribution in [2.45, 2.75) is 13.8 Å². The van der Waals surface area contributed by atoms with Crippen molar-refractivity contribution in [3.05, 3.63) is 72.4 Å². The van der Waals surface area contributed by atoms with E-state index in [4.69, 9.17) is 15.9 Å². The summed E-state index contributed by atoms with van der Waals surface area (Å²) in [5, 5.41) is 11.6. The summed E-state index contributed by atoms with van der Waals surface area (Å²) in [5.74, 6) is 2.00. The molecule has 3 aromatic rings. The van der Waals surface area contributed by atoms with Crippen molar-refractivity contribution in [1.82, 2.24) is 4.98 Å². The molecule has 0 atom stereocenters. The van der Waals surface area contributed by atoms with E-state index in [0.717, 1.165) is 22.7 Å². The Labute approximate surface area is 153 Å². The fourth-order valence-corrected chi connectivity index (χ4v) is 2.52. The number of ether oxygens (including phenoxy) is 1. The Kier molecular flexibility index (Phi) is 5.17. The first kappa shape index (κ1) is 17.5. The zero-order chi connectivity index (χ0) is 18.5. The van der Waals surface area contributed by atoms with Crippen LogP contribution in [0.5, 0.6) is 11.5 Å². The van der Waals surface area contributed by atoms with Gasteiger partial charge in [-0.15, -0.1) is 0 Å². The van der Waals surface area contributed by atoms with Crippen LogP contribution in [0.3, 0.4) is 0 Å². The van der Waals surface area contributed by atoms with Crippen molar-refractivity contribution in [2.75, 3.05) is 11.1 Å². The predicted octanol–water partition coefficient (Wildman–Crippen LogP) is 5.22. The highest BCUT2D eigenvalue weighted by atomic mass is 16.5. The molecule has 0 spiro atoms. The summed E-state index contributed by atoms with van der Waals surface area (Å²) in [5.41, 5.74) is 8.83.